The smallest absolute Gasteiger partial charge is 0.0484 e. The van der Waals surface area contributed by atoms with Gasteiger partial charge in [-0.25, -0.2) is 0 Å². The molecule has 1 amide bonds. The summed E-state index contributed by atoms with van der Waals surface area (Å²) in [5.41, 5.74) is 6.19. The van der Waals surface area contributed by atoms with E-state index >= 15 is 0 Å². The summed E-state index contributed by atoms with van der Waals surface area (Å²) < 4.78 is 0. The molecular weight excluding hydrogens is 241 g/mol. The van der Waals surface area contributed by atoms with Crippen LogP contribution in [0.3, 0.4) is 0 Å². The summed E-state index contributed by atoms with van der Waals surface area (Å²) in [6.07, 6.45) is 0.333. The van der Waals surface area contributed by atoms with Gasteiger partial charge in [0, 0.05) is 42.8 Å². The first-order valence-corrected chi connectivity index (χ1v) is 1.51. The molecule has 0 aromatic rings. The summed E-state index contributed by atoms with van der Waals surface area (Å²) in [7, 11) is 0. The zero-order valence-electron chi connectivity index (χ0n) is 3.37. The second-order valence-electron chi connectivity index (χ2n) is 0.777. The molecule has 0 bridgehead atoms. The summed E-state index contributed by atoms with van der Waals surface area (Å²) >= 11 is 0. The molecule has 1 radical (unpaired) electrons. The normalized spacial score (nSPS) is 6.17. The van der Waals surface area contributed by atoms with Crippen molar-refractivity contribution >= 4 is 5.91 Å². The van der Waals surface area contributed by atoms with Crippen LogP contribution in [0.15, 0.2) is 0 Å². The Balaban J connectivity index is 0. The quantitative estimate of drug-likeness (QED) is 0.680. The van der Waals surface area contributed by atoms with Crippen molar-refractivity contribution in [3.05, 3.63) is 5.73 Å². The van der Waals surface area contributed by atoms with Gasteiger partial charge < -0.3 is 10.5 Å². The van der Waals surface area contributed by atoms with E-state index in [-0.39, 0.29) is 36.9 Å². The number of hydrogen-bond donors (Lipinski definition) is 0. The molecule has 0 saturated carbocycles. The molecule has 3 heteroatoms. The van der Waals surface area contributed by atoms with Crippen molar-refractivity contribution in [1.29, 1.82) is 0 Å². The van der Waals surface area contributed by atoms with Crippen LogP contribution in [0.2, 0.25) is 0 Å². The van der Waals surface area contributed by atoms with E-state index in [1.165, 1.54) is 0 Å². The first-order valence-electron chi connectivity index (χ1n) is 1.51. The third-order valence-corrected chi connectivity index (χ3v) is 0.321. The average molecular weight is 247 g/mol. The van der Waals surface area contributed by atoms with Crippen LogP contribution in [0.1, 0.15) is 13.3 Å². The molecule has 0 aromatic heterocycles. The van der Waals surface area contributed by atoms with Gasteiger partial charge in [-0.3, -0.25) is 0 Å². The number of hydrogen-bond acceptors (Lipinski definition) is 1. The van der Waals surface area contributed by atoms with Crippen molar-refractivity contribution in [1.82, 2.24) is 0 Å². The van der Waals surface area contributed by atoms with Gasteiger partial charge in [0.2, 0.25) is 0 Å². The van der Waals surface area contributed by atoms with Gasteiger partial charge in [-0.05, 0) is 6.42 Å². The average Bonchev–Trinajstić information content (AvgIpc) is 1.38. The van der Waals surface area contributed by atoms with E-state index in [1.54, 1.807) is 6.92 Å². The predicted octanol–water partition coefficient (Wildman–Crippen LogP) is 0.975. The standard InChI is InChI=1S/C3H7NO.Lu/c1-2-3(4)5;/h2H2,1H3,(H2,4,5);/p-1. The van der Waals surface area contributed by atoms with Crippen LogP contribution in [0.4, 0.5) is 0 Å². The minimum atomic E-state index is -0.495. The molecule has 6 heavy (non-hydrogen) atoms. The minimum absolute atomic E-state index is 0. The van der Waals surface area contributed by atoms with Crippen LogP contribution in [-0.2, 0) is 4.79 Å². The Morgan fingerprint density at radius 2 is 2.00 bits per heavy atom. The van der Waals surface area contributed by atoms with Crippen LogP contribution in [0.5, 0.6) is 0 Å². The van der Waals surface area contributed by atoms with E-state index < -0.39 is 5.91 Å². The molecule has 0 heterocycles. The Morgan fingerprint density at radius 3 is 2.00 bits per heavy atom. The number of amides is 1. The van der Waals surface area contributed by atoms with Crippen LogP contribution in [-0.4, -0.2) is 5.91 Å². The number of rotatable bonds is 1. The fraction of sp³-hybridized carbons (Fsp3) is 0.667. The van der Waals surface area contributed by atoms with E-state index in [4.69, 9.17) is 5.73 Å². The van der Waals surface area contributed by atoms with Crippen molar-refractivity contribution in [3.8, 4) is 0 Å². The Bertz CT molecular complexity index is 46.1. The van der Waals surface area contributed by atoms with Crippen LogP contribution < -0.4 is 0 Å². The van der Waals surface area contributed by atoms with Crippen molar-refractivity contribution < 1.29 is 41.7 Å². The van der Waals surface area contributed by atoms with Crippen molar-refractivity contribution in [2.24, 2.45) is 0 Å². The second kappa shape index (κ2) is 5.70. The van der Waals surface area contributed by atoms with Crippen molar-refractivity contribution in [2.75, 3.05) is 0 Å². The Hall–Kier alpha value is 0.704. The van der Waals surface area contributed by atoms with Gasteiger partial charge in [0.15, 0.2) is 0 Å². The van der Waals surface area contributed by atoms with Gasteiger partial charge in [-0.1, -0.05) is 6.92 Å². The number of nitrogens with one attached hydrogen (secondary N) is 1. The molecular formula is C3H6LuNO-. The van der Waals surface area contributed by atoms with Gasteiger partial charge in [0.05, 0.1) is 0 Å². The Kier molecular flexibility index (Phi) is 9.37. The largest absolute Gasteiger partial charge is 0.668 e. The monoisotopic (exact) mass is 247 g/mol. The molecule has 0 aliphatic rings. The topological polar surface area (TPSA) is 40.9 Å². The summed E-state index contributed by atoms with van der Waals surface area (Å²) in [5.74, 6) is -0.495. The Labute approximate surface area is 66.3 Å². The van der Waals surface area contributed by atoms with Crippen LogP contribution in [0, 0.1) is 36.9 Å². The van der Waals surface area contributed by atoms with E-state index in [2.05, 4.69) is 0 Å². The summed E-state index contributed by atoms with van der Waals surface area (Å²) in [6, 6.07) is 0. The zero-order chi connectivity index (χ0) is 4.28. The molecule has 2 nitrogen and oxygen atoms in total. The summed E-state index contributed by atoms with van der Waals surface area (Å²) in [5, 5.41) is 0. The molecule has 0 saturated heterocycles. The molecule has 0 atom stereocenters. The molecule has 0 rings (SSSR count). The van der Waals surface area contributed by atoms with Gasteiger partial charge >= 0.3 is 0 Å². The summed E-state index contributed by atoms with van der Waals surface area (Å²) in [4.78, 5) is 9.48. The molecule has 1 N–H and O–H groups in total. The first-order chi connectivity index (χ1) is 2.27. The minimum Gasteiger partial charge on any atom is -0.668 e. The summed E-state index contributed by atoms with van der Waals surface area (Å²) in [6.45, 7) is 1.66. The van der Waals surface area contributed by atoms with Gasteiger partial charge in [0.1, 0.15) is 0 Å². The van der Waals surface area contributed by atoms with Crippen molar-refractivity contribution in [2.45, 2.75) is 13.3 Å². The van der Waals surface area contributed by atoms with Gasteiger partial charge in [-0.15, -0.1) is 0 Å². The van der Waals surface area contributed by atoms with E-state index in [0.717, 1.165) is 0 Å². The maximum Gasteiger partial charge on any atom is 0.0484 e. The van der Waals surface area contributed by atoms with Crippen LogP contribution in [0.25, 0.3) is 5.73 Å². The first kappa shape index (κ1) is 9.86. The fourth-order valence-electron chi connectivity index (χ4n) is 0. The van der Waals surface area contributed by atoms with Gasteiger partial charge in [-0.2, -0.15) is 0 Å². The maximum atomic E-state index is 9.48. The van der Waals surface area contributed by atoms with Crippen molar-refractivity contribution in [3.63, 3.8) is 0 Å². The second-order valence-corrected chi connectivity index (χ2v) is 0.777. The predicted molar refractivity (Wildman–Crippen MR) is 19.6 cm³/mol. The SMILES string of the molecule is CCC([NH-])=O.[Lu]. The maximum absolute atomic E-state index is 9.48. The third-order valence-electron chi connectivity index (χ3n) is 0.321. The Morgan fingerprint density at radius 1 is 1.83 bits per heavy atom. The van der Waals surface area contributed by atoms with Gasteiger partial charge in [0.25, 0.3) is 0 Å². The molecule has 0 unspecified atom stereocenters. The number of carbonyl (C=O) groups excluding carboxylic acids is 1. The molecule has 0 aromatic carbocycles. The molecule has 0 aliphatic carbocycles. The van der Waals surface area contributed by atoms with Crippen LogP contribution >= 0.6 is 0 Å². The fourth-order valence-corrected chi connectivity index (χ4v) is 0. The molecule has 0 fully saturated rings. The molecule has 45 valence electrons. The van der Waals surface area contributed by atoms with E-state index in [0.29, 0.717) is 6.42 Å². The number of carbonyl (C=O) groups is 1. The third kappa shape index (κ3) is 8.83. The molecule has 0 spiro atoms. The van der Waals surface area contributed by atoms with E-state index in [9.17, 15) is 4.79 Å². The zero-order valence-corrected chi connectivity index (χ0v) is 5.03. The van der Waals surface area contributed by atoms with E-state index in [1.807, 2.05) is 0 Å². The molecule has 0 aliphatic heterocycles.